The summed E-state index contributed by atoms with van der Waals surface area (Å²) in [6.45, 7) is 3.34. The summed E-state index contributed by atoms with van der Waals surface area (Å²) in [6, 6.07) is 15.4. The van der Waals surface area contributed by atoms with Crippen LogP contribution in [0.3, 0.4) is 0 Å². The Morgan fingerprint density at radius 2 is 1.69 bits per heavy atom. The first-order valence-electron chi connectivity index (χ1n) is 10.4. The highest BCUT2D eigenvalue weighted by atomic mass is 35.5. The number of halogens is 2. The number of hydrogen-bond donors (Lipinski definition) is 2. The molecule has 0 fully saturated rings. The van der Waals surface area contributed by atoms with Crippen molar-refractivity contribution in [3.8, 4) is 11.3 Å². The van der Waals surface area contributed by atoms with Gasteiger partial charge in [0.15, 0.2) is 0 Å². The molecule has 0 saturated heterocycles. The van der Waals surface area contributed by atoms with Gasteiger partial charge in [-0.05, 0) is 55.8 Å². The summed E-state index contributed by atoms with van der Waals surface area (Å²) >= 11 is 12.6. The minimum Gasteiger partial charge on any atom is -0.360 e. The molecule has 0 bridgehead atoms. The predicted molar refractivity (Wildman–Crippen MR) is 135 cm³/mol. The van der Waals surface area contributed by atoms with E-state index in [2.05, 4.69) is 26.0 Å². The average Bonchev–Trinajstić information content (AvgIpc) is 3.23. The predicted octanol–water partition coefficient (Wildman–Crippen LogP) is 5.76. The maximum absolute atomic E-state index is 13.0. The lowest BCUT2D eigenvalue weighted by atomic mass is 10.1. The van der Waals surface area contributed by atoms with Gasteiger partial charge in [-0.25, -0.2) is 5.43 Å². The number of aryl methyl sites for hydroxylation is 1. The first-order valence-corrected chi connectivity index (χ1v) is 11.2. The molecule has 10 heteroatoms. The van der Waals surface area contributed by atoms with Crippen LogP contribution >= 0.6 is 23.2 Å². The molecule has 0 saturated carbocycles. The molecule has 8 nitrogen and oxygen atoms in total. The Morgan fingerprint density at radius 3 is 2.40 bits per heavy atom. The number of hydrazone groups is 1. The third-order valence-electron chi connectivity index (χ3n) is 5.08. The SMILES string of the molecule is CC(=NNC(=O)c1c(-c2c(Cl)cccc2Cl)noc1C)c1cccc(NC(=O)c2cccnc2)c1. The van der Waals surface area contributed by atoms with Crippen molar-refractivity contribution in [2.24, 2.45) is 5.10 Å². The fourth-order valence-corrected chi connectivity index (χ4v) is 3.89. The van der Waals surface area contributed by atoms with E-state index < -0.39 is 5.91 Å². The van der Waals surface area contributed by atoms with Crippen molar-refractivity contribution >= 4 is 46.4 Å². The van der Waals surface area contributed by atoms with Gasteiger partial charge in [-0.2, -0.15) is 5.10 Å². The first kappa shape index (κ1) is 24.1. The molecule has 0 aliphatic rings. The zero-order chi connectivity index (χ0) is 24.9. The summed E-state index contributed by atoms with van der Waals surface area (Å²) in [4.78, 5) is 29.3. The fourth-order valence-electron chi connectivity index (χ4n) is 3.31. The Balaban J connectivity index is 1.53. The second kappa shape index (κ2) is 10.5. The molecule has 35 heavy (non-hydrogen) atoms. The van der Waals surface area contributed by atoms with Gasteiger partial charge in [0.05, 0.1) is 21.3 Å². The lowest BCUT2D eigenvalue weighted by Gasteiger charge is -2.08. The number of hydrogen-bond acceptors (Lipinski definition) is 6. The molecule has 2 aromatic heterocycles. The second-order valence-electron chi connectivity index (χ2n) is 7.47. The van der Waals surface area contributed by atoms with Crippen LogP contribution in [0.15, 0.2) is 76.6 Å². The van der Waals surface area contributed by atoms with Crippen molar-refractivity contribution in [1.82, 2.24) is 15.6 Å². The van der Waals surface area contributed by atoms with Crippen molar-refractivity contribution in [2.75, 3.05) is 5.32 Å². The summed E-state index contributed by atoms with van der Waals surface area (Å²) in [6.07, 6.45) is 3.08. The van der Waals surface area contributed by atoms with Crippen molar-refractivity contribution in [3.05, 3.63) is 99.5 Å². The van der Waals surface area contributed by atoms with Crippen LogP contribution in [0.1, 0.15) is 39.0 Å². The number of amides is 2. The van der Waals surface area contributed by atoms with Crippen LogP contribution in [0.25, 0.3) is 11.3 Å². The topological polar surface area (TPSA) is 109 Å². The van der Waals surface area contributed by atoms with Gasteiger partial charge >= 0.3 is 0 Å². The maximum atomic E-state index is 13.0. The first-order chi connectivity index (χ1) is 16.8. The van der Waals surface area contributed by atoms with Gasteiger partial charge in [0.25, 0.3) is 11.8 Å². The highest BCUT2D eigenvalue weighted by Crippen LogP contribution is 2.36. The standard InChI is InChI=1S/C25H19Cl2N5O3/c1-14(16-6-3-8-18(12-16)29-24(33)17-7-5-11-28-13-17)30-31-25(34)21-15(2)35-32-23(21)22-19(26)9-4-10-20(22)27/h3-13H,1-2H3,(H,29,33)(H,31,34). The Labute approximate surface area is 211 Å². The molecule has 0 radical (unpaired) electrons. The minimum absolute atomic E-state index is 0.175. The van der Waals surface area contributed by atoms with Gasteiger partial charge in [-0.15, -0.1) is 0 Å². The summed E-state index contributed by atoms with van der Waals surface area (Å²) < 4.78 is 5.24. The van der Waals surface area contributed by atoms with E-state index in [1.807, 2.05) is 6.07 Å². The number of carbonyl (C=O) groups is 2. The highest BCUT2D eigenvalue weighted by molar-refractivity contribution is 6.39. The number of aromatic nitrogens is 2. The van der Waals surface area contributed by atoms with Crippen LogP contribution in [0.5, 0.6) is 0 Å². The quantitative estimate of drug-likeness (QED) is 0.254. The van der Waals surface area contributed by atoms with Crippen molar-refractivity contribution in [1.29, 1.82) is 0 Å². The third kappa shape index (κ3) is 5.40. The van der Waals surface area contributed by atoms with E-state index in [-0.39, 0.29) is 17.2 Å². The molecule has 0 aliphatic heterocycles. The Kier molecular flexibility index (Phi) is 7.24. The van der Waals surface area contributed by atoms with Crippen LogP contribution in [0.4, 0.5) is 5.69 Å². The van der Waals surface area contributed by atoms with E-state index in [4.69, 9.17) is 27.7 Å². The molecule has 176 valence electrons. The number of benzene rings is 2. The van der Waals surface area contributed by atoms with E-state index in [0.29, 0.717) is 43.9 Å². The molecule has 0 aliphatic carbocycles. The Hall–Kier alpha value is -4.01. The van der Waals surface area contributed by atoms with Gasteiger partial charge in [-0.3, -0.25) is 14.6 Å². The number of carbonyl (C=O) groups excluding carboxylic acids is 2. The van der Waals surface area contributed by atoms with E-state index in [9.17, 15) is 9.59 Å². The summed E-state index contributed by atoms with van der Waals surface area (Å²) in [7, 11) is 0. The number of nitrogens with zero attached hydrogens (tertiary/aromatic N) is 3. The van der Waals surface area contributed by atoms with Crippen LogP contribution < -0.4 is 10.7 Å². The van der Waals surface area contributed by atoms with E-state index in [1.54, 1.807) is 68.6 Å². The zero-order valence-corrected chi connectivity index (χ0v) is 20.2. The Morgan fingerprint density at radius 1 is 0.971 bits per heavy atom. The van der Waals surface area contributed by atoms with Crippen molar-refractivity contribution in [3.63, 3.8) is 0 Å². The average molecular weight is 508 g/mol. The lowest BCUT2D eigenvalue weighted by Crippen LogP contribution is -2.20. The number of rotatable bonds is 6. The molecule has 2 amide bonds. The smallest absolute Gasteiger partial charge is 0.277 e. The Bertz CT molecular complexity index is 1410. The summed E-state index contributed by atoms with van der Waals surface area (Å²) in [5.41, 5.74) is 5.55. The minimum atomic E-state index is -0.532. The van der Waals surface area contributed by atoms with Gasteiger partial charge in [0.2, 0.25) is 0 Å². The van der Waals surface area contributed by atoms with Crippen molar-refractivity contribution in [2.45, 2.75) is 13.8 Å². The van der Waals surface area contributed by atoms with Crippen LogP contribution in [-0.4, -0.2) is 27.7 Å². The zero-order valence-electron chi connectivity index (χ0n) is 18.7. The number of pyridine rings is 1. The highest BCUT2D eigenvalue weighted by Gasteiger charge is 2.24. The second-order valence-corrected chi connectivity index (χ2v) is 8.29. The van der Waals surface area contributed by atoms with E-state index >= 15 is 0 Å². The molecule has 2 heterocycles. The van der Waals surface area contributed by atoms with Gasteiger partial charge < -0.3 is 9.84 Å². The molecule has 4 rings (SSSR count). The van der Waals surface area contributed by atoms with Crippen LogP contribution in [0, 0.1) is 6.92 Å². The molecule has 0 spiro atoms. The fraction of sp³-hybridized carbons (Fsp3) is 0.0800. The maximum Gasteiger partial charge on any atom is 0.277 e. The van der Waals surface area contributed by atoms with E-state index in [1.165, 1.54) is 6.20 Å². The van der Waals surface area contributed by atoms with Crippen molar-refractivity contribution < 1.29 is 14.1 Å². The molecular formula is C25H19Cl2N5O3. The molecule has 0 atom stereocenters. The van der Waals surface area contributed by atoms with Gasteiger partial charge in [0.1, 0.15) is 17.0 Å². The van der Waals surface area contributed by atoms with E-state index in [0.717, 1.165) is 0 Å². The van der Waals surface area contributed by atoms with Crippen LogP contribution in [-0.2, 0) is 0 Å². The summed E-state index contributed by atoms with van der Waals surface area (Å²) in [5, 5.41) is 11.7. The molecule has 0 unspecified atom stereocenters. The monoisotopic (exact) mass is 507 g/mol. The molecular weight excluding hydrogens is 489 g/mol. The molecule has 2 aromatic carbocycles. The molecule has 2 N–H and O–H groups in total. The van der Waals surface area contributed by atoms with Gasteiger partial charge in [0, 0.05) is 23.6 Å². The van der Waals surface area contributed by atoms with Crippen LogP contribution in [0.2, 0.25) is 10.0 Å². The number of nitrogens with one attached hydrogen (secondary N) is 2. The normalized spacial score (nSPS) is 11.3. The largest absolute Gasteiger partial charge is 0.360 e. The summed E-state index contributed by atoms with van der Waals surface area (Å²) in [5.74, 6) is -0.525. The van der Waals surface area contributed by atoms with Gasteiger partial charge in [-0.1, -0.05) is 46.6 Å². The number of anilines is 1. The lowest BCUT2D eigenvalue weighted by molar-refractivity contribution is 0.0953. The molecule has 4 aromatic rings. The third-order valence-corrected chi connectivity index (χ3v) is 5.71.